The molecule has 2 fully saturated rings. The van der Waals surface area contributed by atoms with Crippen LogP contribution in [0.5, 0.6) is 0 Å². The van der Waals surface area contributed by atoms with E-state index >= 15 is 0 Å². The van der Waals surface area contributed by atoms with Gasteiger partial charge in [0.25, 0.3) is 0 Å². The molecule has 2 aliphatic heterocycles. The van der Waals surface area contributed by atoms with Gasteiger partial charge in [0, 0.05) is 38.9 Å². The predicted octanol–water partition coefficient (Wildman–Crippen LogP) is -0.00640. The highest BCUT2D eigenvalue weighted by Gasteiger charge is 2.30. The van der Waals surface area contributed by atoms with Crippen molar-refractivity contribution in [3.63, 3.8) is 0 Å². The molecule has 0 aromatic carbocycles. The molecule has 3 heterocycles. The van der Waals surface area contributed by atoms with Crippen molar-refractivity contribution < 1.29 is 10.2 Å². The number of likely N-dealkylation sites (tertiary alicyclic amines) is 1. The molecule has 0 spiro atoms. The van der Waals surface area contributed by atoms with Gasteiger partial charge in [0.2, 0.25) is 5.95 Å². The first-order valence-electron chi connectivity index (χ1n) is 9.25. The largest absolute Gasteiger partial charge is 0.396 e. The van der Waals surface area contributed by atoms with Gasteiger partial charge in [-0.15, -0.1) is 0 Å². The lowest BCUT2D eigenvalue weighted by atomic mass is 9.89. The Kier molecular flexibility index (Phi) is 6.28. The summed E-state index contributed by atoms with van der Waals surface area (Å²) in [7, 11) is 0. The molecule has 1 aromatic rings. The molecule has 8 heteroatoms. The van der Waals surface area contributed by atoms with Gasteiger partial charge in [0.1, 0.15) is 11.6 Å². The van der Waals surface area contributed by atoms with Crippen LogP contribution in [-0.2, 0) is 0 Å². The maximum atomic E-state index is 9.72. The minimum absolute atomic E-state index is 0.0352. The first kappa shape index (κ1) is 18.2. The number of aromatic nitrogens is 2. The summed E-state index contributed by atoms with van der Waals surface area (Å²) in [5, 5.41) is 21.7. The average molecular weight is 350 g/mol. The molecule has 0 amide bonds. The molecule has 1 aromatic heterocycles. The van der Waals surface area contributed by atoms with Gasteiger partial charge in [-0.05, 0) is 44.2 Å². The first-order valence-corrected chi connectivity index (χ1v) is 9.25. The Balaban J connectivity index is 1.71. The van der Waals surface area contributed by atoms with Crippen LogP contribution >= 0.6 is 0 Å². The fourth-order valence-electron chi connectivity index (χ4n) is 3.99. The number of hydrogen-bond donors (Lipinski definition) is 4. The Morgan fingerprint density at radius 3 is 2.64 bits per heavy atom. The predicted molar refractivity (Wildman–Crippen MR) is 98.6 cm³/mol. The van der Waals surface area contributed by atoms with Crippen LogP contribution in [0.4, 0.5) is 17.6 Å². The third-order valence-electron chi connectivity index (χ3n) is 5.07. The standard InChI is InChI=1S/C17H30N6O2/c18-17-20-15(19-3-6-24)8-16(21-17)23-10-13(7-14(11-23)12-25)9-22-4-1-2-5-22/h8,13-14,24-25H,1-7,9-12H2,(H3,18,19,20,21)/t13-,14-/m1/s1. The minimum atomic E-state index is 0.0352. The van der Waals surface area contributed by atoms with E-state index in [1.807, 2.05) is 6.07 Å². The van der Waals surface area contributed by atoms with Crippen molar-refractivity contribution in [2.24, 2.45) is 11.8 Å². The summed E-state index contributed by atoms with van der Waals surface area (Å²) >= 11 is 0. The second-order valence-electron chi connectivity index (χ2n) is 7.18. The Morgan fingerprint density at radius 2 is 1.92 bits per heavy atom. The summed E-state index contributed by atoms with van der Waals surface area (Å²) < 4.78 is 0. The van der Waals surface area contributed by atoms with Crippen LogP contribution in [0.25, 0.3) is 0 Å². The van der Waals surface area contributed by atoms with E-state index in [9.17, 15) is 5.11 Å². The van der Waals surface area contributed by atoms with E-state index in [4.69, 9.17) is 10.8 Å². The maximum absolute atomic E-state index is 9.72. The molecule has 0 bridgehead atoms. The molecule has 8 nitrogen and oxygen atoms in total. The number of piperidine rings is 1. The van der Waals surface area contributed by atoms with E-state index in [0.717, 1.165) is 31.9 Å². The Bertz CT molecular complexity index is 552. The molecular formula is C17H30N6O2. The number of nitrogens with zero attached hydrogens (tertiary/aromatic N) is 4. The Hall–Kier alpha value is -1.64. The van der Waals surface area contributed by atoms with Crippen molar-refractivity contribution in [3.05, 3.63) is 6.07 Å². The van der Waals surface area contributed by atoms with Crippen molar-refractivity contribution in [2.45, 2.75) is 19.3 Å². The van der Waals surface area contributed by atoms with E-state index in [0.29, 0.717) is 18.3 Å². The van der Waals surface area contributed by atoms with Gasteiger partial charge >= 0.3 is 0 Å². The zero-order chi connectivity index (χ0) is 17.6. The second kappa shape index (κ2) is 8.64. The monoisotopic (exact) mass is 350 g/mol. The molecule has 0 radical (unpaired) electrons. The molecule has 2 atom stereocenters. The number of nitrogen functional groups attached to an aromatic ring is 1. The lowest BCUT2D eigenvalue weighted by Gasteiger charge is -2.39. The number of nitrogens with one attached hydrogen (secondary N) is 1. The number of aliphatic hydroxyl groups excluding tert-OH is 2. The highest BCUT2D eigenvalue weighted by atomic mass is 16.3. The van der Waals surface area contributed by atoms with Gasteiger partial charge in [-0.3, -0.25) is 0 Å². The van der Waals surface area contributed by atoms with E-state index in [1.165, 1.54) is 25.9 Å². The lowest BCUT2D eigenvalue weighted by molar-refractivity contribution is 0.163. The number of nitrogens with two attached hydrogens (primary N) is 1. The summed E-state index contributed by atoms with van der Waals surface area (Å²) in [6, 6.07) is 1.87. The van der Waals surface area contributed by atoms with Crippen molar-refractivity contribution in [2.75, 3.05) is 68.4 Å². The number of rotatable bonds is 7. The topological polar surface area (TPSA) is 111 Å². The Labute approximate surface area is 149 Å². The van der Waals surface area contributed by atoms with Gasteiger partial charge in [-0.1, -0.05) is 0 Å². The normalized spacial score (nSPS) is 24.6. The van der Waals surface area contributed by atoms with Crippen molar-refractivity contribution in [3.8, 4) is 0 Å². The third-order valence-corrected chi connectivity index (χ3v) is 5.07. The van der Waals surface area contributed by atoms with Gasteiger partial charge in [0.05, 0.1) is 6.61 Å². The van der Waals surface area contributed by atoms with Crippen LogP contribution in [0.1, 0.15) is 19.3 Å². The molecular weight excluding hydrogens is 320 g/mol. The lowest BCUT2D eigenvalue weighted by Crippen LogP contribution is -2.45. The highest BCUT2D eigenvalue weighted by Crippen LogP contribution is 2.28. The number of aliphatic hydroxyl groups is 2. The van der Waals surface area contributed by atoms with Crippen LogP contribution in [-0.4, -0.2) is 77.6 Å². The van der Waals surface area contributed by atoms with Gasteiger partial charge in [-0.25, -0.2) is 0 Å². The van der Waals surface area contributed by atoms with Crippen LogP contribution in [0.3, 0.4) is 0 Å². The first-order chi connectivity index (χ1) is 12.2. The number of anilines is 3. The zero-order valence-electron chi connectivity index (χ0n) is 14.8. The SMILES string of the molecule is Nc1nc(NCCO)cc(N2C[C@H](CO)C[C@H](CN3CCCC3)C2)n1. The van der Waals surface area contributed by atoms with Crippen LogP contribution in [0, 0.1) is 11.8 Å². The quantitative estimate of drug-likeness (QED) is 0.544. The van der Waals surface area contributed by atoms with E-state index < -0.39 is 0 Å². The molecule has 2 saturated heterocycles. The van der Waals surface area contributed by atoms with Gasteiger partial charge in [-0.2, -0.15) is 9.97 Å². The second-order valence-corrected chi connectivity index (χ2v) is 7.18. The van der Waals surface area contributed by atoms with Crippen LogP contribution in [0.2, 0.25) is 0 Å². The summed E-state index contributed by atoms with van der Waals surface area (Å²) in [6.07, 6.45) is 3.64. The summed E-state index contributed by atoms with van der Waals surface area (Å²) in [6.45, 7) is 5.82. The summed E-state index contributed by atoms with van der Waals surface area (Å²) in [4.78, 5) is 13.3. The third kappa shape index (κ3) is 4.93. The summed E-state index contributed by atoms with van der Waals surface area (Å²) in [5.41, 5.74) is 5.86. The summed E-state index contributed by atoms with van der Waals surface area (Å²) in [5.74, 6) is 2.41. The van der Waals surface area contributed by atoms with Crippen LogP contribution < -0.4 is 16.0 Å². The molecule has 25 heavy (non-hydrogen) atoms. The van der Waals surface area contributed by atoms with Crippen LogP contribution in [0.15, 0.2) is 6.07 Å². The molecule has 0 saturated carbocycles. The van der Waals surface area contributed by atoms with Crippen molar-refractivity contribution >= 4 is 17.6 Å². The van der Waals surface area contributed by atoms with E-state index in [2.05, 4.69) is 25.1 Å². The fraction of sp³-hybridized carbons (Fsp3) is 0.765. The average Bonchev–Trinajstić information content (AvgIpc) is 3.12. The Morgan fingerprint density at radius 1 is 1.16 bits per heavy atom. The van der Waals surface area contributed by atoms with Gasteiger partial charge < -0.3 is 31.1 Å². The van der Waals surface area contributed by atoms with E-state index in [1.54, 1.807) is 0 Å². The molecule has 2 aliphatic rings. The smallest absolute Gasteiger partial charge is 0.223 e. The highest BCUT2D eigenvalue weighted by molar-refractivity contribution is 5.53. The fourth-order valence-corrected chi connectivity index (χ4v) is 3.99. The minimum Gasteiger partial charge on any atom is -0.396 e. The molecule has 0 aliphatic carbocycles. The van der Waals surface area contributed by atoms with Crippen molar-refractivity contribution in [1.29, 1.82) is 0 Å². The molecule has 5 N–H and O–H groups in total. The van der Waals surface area contributed by atoms with Crippen molar-refractivity contribution in [1.82, 2.24) is 14.9 Å². The molecule has 3 rings (SSSR count). The van der Waals surface area contributed by atoms with Gasteiger partial charge in [0.15, 0.2) is 0 Å². The molecule has 0 unspecified atom stereocenters. The number of hydrogen-bond acceptors (Lipinski definition) is 8. The van der Waals surface area contributed by atoms with E-state index in [-0.39, 0.29) is 25.1 Å². The maximum Gasteiger partial charge on any atom is 0.223 e. The zero-order valence-corrected chi connectivity index (χ0v) is 14.8. The molecule has 140 valence electrons.